The molecule has 0 bridgehead atoms. The Kier molecular flexibility index (Phi) is 6.47. The number of amides is 3. The highest BCUT2D eigenvalue weighted by Crippen LogP contribution is 2.29. The summed E-state index contributed by atoms with van der Waals surface area (Å²) >= 11 is 0. The number of anilines is 2. The summed E-state index contributed by atoms with van der Waals surface area (Å²) in [4.78, 5) is 47.9. The second kappa shape index (κ2) is 9.08. The van der Waals surface area contributed by atoms with Gasteiger partial charge in [-0.15, -0.1) is 0 Å². The molecule has 1 saturated heterocycles. The second-order valence-corrected chi connectivity index (χ2v) is 6.92. The molecular formula is C21H18F3N3O5. The highest BCUT2D eigenvalue weighted by molar-refractivity contribution is 6.01. The summed E-state index contributed by atoms with van der Waals surface area (Å²) in [7, 11) is 0. The highest BCUT2D eigenvalue weighted by atomic mass is 19.4. The van der Waals surface area contributed by atoms with Crippen molar-refractivity contribution in [2.75, 3.05) is 10.3 Å². The molecule has 2 aromatic carbocycles. The van der Waals surface area contributed by atoms with Crippen LogP contribution in [0.2, 0.25) is 0 Å². The van der Waals surface area contributed by atoms with E-state index in [2.05, 4.69) is 10.7 Å². The van der Waals surface area contributed by atoms with Crippen LogP contribution in [0.4, 0.5) is 24.5 Å². The lowest BCUT2D eigenvalue weighted by Gasteiger charge is -2.27. The zero-order valence-electron chi connectivity index (χ0n) is 16.7. The number of hydrogen-bond acceptors (Lipinski definition) is 5. The number of hydrazine groups is 1. The van der Waals surface area contributed by atoms with Crippen molar-refractivity contribution in [1.82, 2.24) is 5.43 Å². The summed E-state index contributed by atoms with van der Waals surface area (Å²) in [5.74, 6) is -2.15. The van der Waals surface area contributed by atoms with Gasteiger partial charge in [-0.3, -0.25) is 19.8 Å². The third-order valence-corrected chi connectivity index (χ3v) is 4.55. The van der Waals surface area contributed by atoms with Gasteiger partial charge in [0.1, 0.15) is 0 Å². The van der Waals surface area contributed by atoms with Crippen LogP contribution in [0, 0.1) is 0 Å². The lowest BCUT2D eigenvalue weighted by atomic mass is 10.1. The molecule has 168 valence electrons. The number of nitrogens with zero attached hydrogens (tertiary/aromatic N) is 1. The Morgan fingerprint density at radius 3 is 2.25 bits per heavy atom. The maximum Gasteiger partial charge on any atom is 0.416 e. The predicted molar refractivity (Wildman–Crippen MR) is 106 cm³/mol. The molecule has 3 amide bonds. The average molecular weight is 449 g/mol. The minimum Gasteiger partial charge on any atom is -0.449 e. The molecule has 1 aliphatic heterocycles. The van der Waals surface area contributed by atoms with E-state index in [1.807, 2.05) is 0 Å². The van der Waals surface area contributed by atoms with Gasteiger partial charge in [-0.2, -0.15) is 13.2 Å². The van der Waals surface area contributed by atoms with E-state index in [-0.39, 0.29) is 35.9 Å². The van der Waals surface area contributed by atoms with E-state index in [0.717, 1.165) is 29.3 Å². The Morgan fingerprint density at radius 1 is 1.03 bits per heavy atom. The van der Waals surface area contributed by atoms with Crippen LogP contribution in [-0.2, 0) is 25.3 Å². The Balaban J connectivity index is 1.58. The van der Waals surface area contributed by atoms with E-state index in [4.69, 9.17) is 4.74 Å². The van der Waals surface area contributed by atoms with E-state index in [1.54, 1.807) is 0 Å². The Bertz CT molecular complexity index is 1040. The van der Waals surface area contributed by atoms with Crippen LogP contribution in [0.25, 0.3) is 0 Å². The fourth-order valence-electron chi connectivity index (χ4n) is 2.80. The SMILES string of the molecule is CC(OC(=O)c1ccc(N2NC(=O)CCC2=O)cc1)C(=O)Nc1ccc(C(F)(F)F)cc1. The molecule has 11 heteroatoms. The molecule has 1 atom stereocenters. The minimum absolute atomic E-state index is 0.0706. The highest BCUT2D eigenvalue weighted by Gasteiger charge is 2.30. The minimum atomic E-state index is -4.49. The van der Waals surface area contributed by atoms with Crippen LogP contribution in [0.15, 0.2) is 48.5 Å². The Hall–Kier alpha value is -3.89. The third kappa shape index (κ3) is 5.42. The van der Waals surface area contributed by atoms with Gasteiger partial charge in [0.05, 0.1) is 16.8 Å². The van der Waals surface area contributed by atoms with Crippen molar-refractivity contribution in [3.63, 3.8) is 0 Å². The zero-order valence-corrected chi connectivity index (χ0v) is 16.7. The first-order valence-corrected chi connectivity index (χ1v) is 9.46. The molecule has 2 N–H and O–H groups in total. The molecule has 0 spiro atoms. The summed E-state index contributed by atoms with van der Waals surface area (Å²) < 4.78 is 42.9. The first-order chi connectivity index (χ1) is 15.0. The van der Waals surface area contributed by atoms with Crippen molar-refractivity contribution in [2.24, 2.45) is 0 Å². The maximum atomic E-state index is 12.6. The normalized spacial score (nSPS) is 15.1. The molecule has 0 aromatic heterocycles. The van der Waals surface area contributed by atoms with Gasteiger partial charge in [-0.1, -0.05) is 0 Å². The number of ether oxygens (including phenoxy) is 1. The van der Waals surface area contributed by atoms with Gasteiger partial charge in [0, 0.05) is 18.5 Å². The van der Waals surface area contributed by atoms with E-state index < -0.39 is 29.7 Å². The van der Waals surface area contributed by atoms with Gasteiger partial charge in [-0.25, -0.2) is 9.80 Å². The molecule has 0 radical (unpaired) electrons. The predicted octanol–water partition coefficient (Wildman–Crippen LogP) is 3.05. The largest absolute Gasteiger partial charge is 0.449 e. The molecule has 1 fully saturated rings. The number of benzene rings is 2. The number of alkyl halides is 3. The molecule has 1 unspecified atom stereocenters. The van der Waals surface area contributed by atoms with E-state index in [1.165, 1.54) is 31.2 Å². The number of hydrogen-bond donors (Lipinski definition) is 2. The van der Waals surface area contributed by atoms with Crippen molar-refractivity contribution in [3.8, 4) is 0 Å². The molecule has 32 heavy (non-hydrogen) atoms. The Labute approximate surface area is 180 Å². The zero-order chi connectivity index (χ0) is 23.5. The van der Waals surface area contributed by atoms with E-state index >= 15 is 0 Å². The number of halogens is 3. The first kappa shape index (κ1) is 22.8. The molecule has 3 rings (SSSR count). The molecular weight excluding hydrogens is 431 g/mol. The quantitative estimate of drug-likeness (QED) is 0.683. The number of carbonyl (C=O) groups excluding carboxylic acids is 4. The second-order valence-electron chi connectivity index (χ2n) is 6.92. The lowest BCUT2D eigenvalue weighted by Crippen LogP contribution is -2.50. The van der Waals surface area contributed by atoms with Crippen molar-refractivity contribution in [3.05, 3.63) is 59.7 Å². The van der Waals surface area contributed by atoms with Gasteiger partial charge < -0.3 is 10.1 Å². The number of esters is 1. The van der Waals surface area contributed by atoms with Crippen molar-refractivity contribution >= 4 is 35.1 Å². The van der Waals surface area contributed by atoms with Crippen LogP contribution in [-0.4, -0.2) is 29.8 Å². The van der Waals surface area contributed by atoms with Gasteiger partial charge in [0.15, 0.2) is 6.10 Å². The van der Waals surface area contributed by atoms with Crippen LogP contribution in [0.1, 0.15) is 35.7 Å². The van der Waals surface area contributed by atoms with Gasteiger partial charge in [-0.05, 0) is 55.5 Å². The summed E-state index contributed by atoms with van der Waals surface area (Å²) in [6.45, 7) is 1.31. The molecule has 1 heterocycles. The maximum absolute atomic E-state index is 12.6. The van der Waals surface area contributed by atoms with Crippen LogP contribution < -0.4 is 15.8 Å². The summed E-state index contributed by atoms with van der Waals surface area (Å²) in [5.41, 5.74) is 2.13. The van der Waals surface area contributed by atoms with E-state index in [0.29, 0.717) is 5.69 Å². The standard InChI is InChI=1S/C21H18F3N3O5/c1-12(19(30)25-15-6-4-14(5-7-15)21(22,23)24)32-20(31)13-2-8-16(9-3-13)27-18(29)11-10-17(28)26-27/h2-9,12H,10-11H2,1H3,(H,25,30)(H,26,28). The molecule has 0 aliphatic carbocycles. The summed E-state index contributed by atoms with van der Waals surface area (Å²) in [6.07, 6.45) is -5.55. The van der Waals surface area contributed by atoms with Crippen LogP contribution in [0.5, 0.6) is 0 Å². The van der Waals surface area contributed by atoms with Crippen molar-refractivity contribution in [2.45, 2.75) is 32.0 Å². The van der Waals surface area contributed by atoms with Gasteiger partial charge in [0.2, 0.25) is 11.8 Å². The summed E-state index contributed by atoms with van der Waals surface area (Å²) in [5, 5.41) is 3.45. The average Bonchev–Trinajstić information content (AvgIpc) is 2.75. The number of rotatable bonds is 5. The fraction of sp³-hybridized carbons (Fsp3) is 0.238. The van der Waals surface area contributed by atoms with Crippen molar-refractivity contribution in [1.29, 1.82) is 0 Å². The lowest BCUT2D eigenvalue weighted by molar-refractivity contribution is -0.137. The molecule has 8 nitrogen and oxygen atoms in total. The van der Waals surface area contributed by atoms with Crippen LogP contribution in [0.3, 0.4) is 0 Å². The van der Waals surface area contributed by atoms with Crippen LogP contribution >= 0.6 is 0 Å². The fourth-order valence-corrected chi connectivity index (χ4v) is 2.80. The van der Waals surface area contributed by atoms with E-state index in [9.17, 15) is 32.3 Å². The monoisotopic (exact) mass is 449 g/mol. The first-order valence-electron chi connectivity index (χ1n) is 9.46. The summed E-state index contributed by atoms with van der Waals surface area (Å²) in [6, 6.07) is 9.44. The molecule has 1 aliphatic rings. The topological polar surface area (TPSA) is 105 Å². The Morgan fingerprint density at radius 2 is 1.66 bits per heavy atom. The van der Waals surface area contributed by atoms with Crippen molar-refractivity contribution < 1.29 is 37.1 Å². The molecule has 0 saturated carbocycles. The van der Waals surface area contributed by atoms with Gasteiger partial charge in [0.25, 0.3) is 5.91 Å². The van der Waals surface area contributed by atoms with Gasteiger partial charge >= 0.3 is 12.1 Å². The number of nitrogens with one attached hydrogen (secondary N) is 2. The smallest absolute Gasteiger partial charge is 0.416 e. The third-order valence-electron chi connectivity index (χ3n) is 4.55. The molecule has 2 aromatic rings. The number of carbonyl (C=O) groups is 4.